The summed E-state index contributed by atoms with van der Waals surface area (Å²) in [6, 6.07) is 12.6. The molecule has 0 amide bonds. The van der Waals surface area contributed by atoms with Gasteiger partial charge in [-0.2, -0.15) is 0 Å². The summed E-state index contributed by atoms with van der Waals surface area (Å²) >= 11 is 0. The van der Waals surface area contributed by atoms with E-state index in [0.717, 1.165) is 23.6 Å². The van der Waals surface area contributed by atoms with E-state index in [4.69, 9.17) is 13.9 Å². The number of rotatable bonds is 5. The van der Waals surface area contributed by atoms with Gasteiger partial charge in [-0.25, -0.2) is 9.59 Å². The van der Waals surface area contributed by atoms with Crippen molar-refractivity contribution in [3.8, 4) is 5.75 Å². The molecule has 1 saturated carbocycles. The van der Waals surface area contributed by atoms with Crippen molar-refractivity contribution >= 4 is 27.7 Å². The molecule has 5 nitrogen and oxygen atoms in total. The second kappa shape index (κ2) is 8.50. The summed E-state index contributed by atoms with van der Waals surface area (Å²) < 4.78 is 16.9. The van der Waals surface area contributed by atoms with Gasteiger partial charge in [0.05, 0.1) is 5.39 Å². The zero-order valence-electron chi connectivity index (χ0n) is 17.7. The standard InChI is InChI=1S/C25H28O5/c1-15(2)18-10-8-16(3)12-22(18)29-24(26)14-28-17-9-11-20-19-6-4-5-7-21(19)25(27)30-23(20)13-17/h4-7,9,11,13,15-16,18,22H,8,10,12,14H2,1-3H3. The SMILES string of the molecule is CC1CCC(C(C)C)C(OC(=O)COc2ccc3c(c2)oc(=O)c2ccccc23)C1. The van der Waals surface area contributed by atoms with E-state index in [1.165, 1.54) is 6.42 Å². The topological polar surface area (TPSA) is 65.7 Å². The predicted octanol–water partition coefficient (Wildman–Crippen LogP) is 5.33. The molecule has 1 fully saturated rings. The average Bonchev–Trinajstić information content (AvgIpc) is 2.72. The second-order valence-electron chi connectivity index (χ2n) is 8.74. The van der Waals surface area contributed by atoms with Gasteiger partial charge < -0.3 is 13.9 Å². The Balaban J connectivity index is 1.46. The third-order valence-corrected chi connectivity index (χ3v) is 6.19. The fourth-order valence-electron chi connectivity index (χ4n) is 4.55. The van der Waals surface area contributed by atoms with Crippen LogP contribution in [-0.4, -0.2) is 18.7 Å². The van der Waals surface area contributed by atoms with Crippen LogP contribution in [-0.2, 0) is 9.53 Å². The summed E-state index contributed by atoms with van der Waals surface area (Å²) in [4.78, 5) is 24.7. The number of esters is 1. The quantitative estimate of drug-likeness (QED) is 0.324. The van der Waals surface area contributed by atoms with Crippen LogP contribution in [0.4, 0.5) is 0 Å². The molecule has 30 heavy (non-hydrogen) atoms. The fourth-order valence-corrected chi connectivity index (χ4v) is 4.55. The van der Waals surface area contributed by atoms with Crippen molar-refractivity contribution in [2.45, 2.75) is 46.1 Å². The Morgan fingerprint density at radius 2 is 1.87 bits per heavy atom. The molecule has 5 heteroatoms. The Hall–Kier alpha value is -2.82. The molecule has 0 saturated heterocycles. The third-order valence-electron chi connectivity index (χ3n) is 6.19. The smallest absolute Gasteiger partial charge is 0.344 e. The van der Waals surface area contributed by atoms with Crippen molar-refractivity contribution in [2.24, 2.45) is 17.8 Å². The van der Waals surface area contributed by atoms with Gasteiger partial charge in [-0.15, -0.1) is 0 Å². The normalized spacial score (nSPS) is 21.8. The monoisotopic (exact) mass is 408 g/mol. The molecule has 0 spiro atoms. The summed E-state index contributed by atoms with van der Waals surface area (Å²) in [6.07, 6.45) is 3.13. The number of fused-ring (bicyclic) bond motifs is 3. The summed E-state index contributed by atoms with van der Waals surface area (Å²) in [5.74, 6) is 1.55. The third kappa shape index (κ3) is 4.20. The summed E-state index contributed by atoms with van der Waals surface area (Å²) in [5.41, 5.74) is 0.0475. The number of benzene rings is 2. The van der Waals surface area contributed by atoms with E-state index < -0.39 is 0 Å². The zero-order chi connectivity index (χ0) is 21.3. The van der Waals surface area contributed by atoms with E-state index in [-0.39, 0.29) is 24.3 Å². The van der Waals surface area contributed by atoms with Crippen molar-refractivity contribution in [1.82, 2.24) is 0 Å². The molecule has 2 aromatic carbocycles. The van der Waals surface area contributed by atoms with E-state index in [0.29, 0.717) is 34.5 Å². The van der Waals surface area contributed by atoms with E-state index in [9.17, 15) is 9.59 Å². The van der Waals surface area contributed by atoms with Gasteiger partial charge in [0.1, 0.15) is 17.4 Å². The van der Waals surface area contributed by atoms with Gasteiger partial charge >= 0.3 is 11.6 Å². The lowest BCUT2D eigenvalue weighted by Crippen LogP contribution is -2.36. The van der Waals surface area contributed by atoms with Crippen molar-refractivity contribution < 1.29 is 18.7 Å². The van der Waals surface area contributed by atoms with Gasteiger partial charge in [0.2, 0.25) is 0 Å². The first kappa shape index (κ1) is 20.5. The molecular formula is C25H28O5. The Morgan fingerprint density at radius 3 is 2.63 bits per heavy atom. The van der Waals surface area contributed by atoms with Gasteiger partial charge in [-0.3, -0.25) is 0 Å². The van der Waals surface area contributed by atoms with E-state index in [2.05, 4.69) is 20.8 Å². The van der Waals surface area contributed by atoms with Crippen LogP contribution in [0.1, 0.15) is 40.0 Å². The number of ether oxygens (including phenoxy) is 2. The number of carbonyl (C=O) groups is 1. The largest absolute Gasteiger partial charge is 0.482 e. The molecule has 1 heterocycles. The van der Waals surface area contributed by atoms with Crippen molar-refractivity contribution in [3.63, 3.8) is 0 Å². The molecule has 0 aliphatic heterocycles. The summed E-state index contributed by atoms with van der Waals surface area (Å²) in [6.45, 7) is 6.41. The maximum atomic E-state index is 12.4. The molecule has 1 aromatic heterocycles. The zero-order valence-corrected chi connectivity index (χ0v) is 17.7. The van der Waals surface area contributed by atoms with E-state index >= 15 is 0 Å². The van der Waals surface area contributed by atoms with Crippen LogP contribution < -0.4 is 10.4 Å². The minimum absolute atomic E-state index is 0.0501. The molecule has 0 N–H and O–H groups in total. The number of hydrogen-bond acceptors (Lipinski definition) is 5. The molecule has 3 atom stereocenters. The highest BCUT2D eigenvalue weighted by Gasteiger charge is 2.33. The van der Waals surface area contributed by atoms with Crippen molar-refractivity contribution in [2.75, 3.05) is 6.61 Å². The molecule has 3 aromatic rings. The lowest BCUT2D eigenvalue weighted by Gasteiger charge is -2.36. The van der Waals surface area contributed by atoms with Gasteiger partial charge in [0.15, 0.2) is 6.61 Å². The first-order valence-corrected chi connectivity index (χ1v) is 10.7. The molecular weight excluding hydrogens is 380 g/mol. The van der Waals surface area contributed by atoms with Crippen molar-refractivity contribution in [1.29, 1.82) is 0 Å². The average molecular weight is 408 g/mol. The lowest BCUT2D eigenvalue weighted by molar-refractivity contribution is -0.158. The predicted molar refractivity (Wildman–Crippen MR) is 117 cm³/mol. The summed E-state index contributed by atoms with van der Waals surface area (Å²) in [5, 5.41) is 2.21. The van der Waals surface area contributed by atoms with Gasteiger partial charge in [0.25, 0.3) is 0 Å². The Morgan fingerprint density at radius 1 is 1.10 bits per heavy atom. The van der Waals surface area contributed by atoms with Crippen LogP contribution in [0.3, 0.4) is 0 Å². The van der Waals surface area contributed by atoms with Crippen LogP contribution in [0.2, 0.25) is 0 Å². The molecule has 0 radical (unpaired) electrons. The highest BCUT2D eigenvalue weighted by Crippen LogP contribution is 2.35. The molecule has 158 valence electrons. The van der Waals surface area contributed by atoms with Gasteiger partial charge in [-0.1, -0.05) is 45.4 Å². The Labute approximate surface area is 176 Å². The number of hydrogen-bond donors (Lipinski definition) is 0. The van der Waals surface area contributed by atoms with E-state index in [1.807, 2.05) is 24.3 Å². The lowest BCUT2D eigenvalue weighted by atomic mass is 9.75. The van der Waals surface area contributed by atoms with E-state index in [1.54, 1.807) is 18.2 Å². The first-order valence-electron chi connectivity index (χ1n) is 10.7. The van der Waals surface area contributed by atoms with Crippen molar-refractivity contribution in [3.05, 3.63) is 52.9 Å². The van der Waals surface area contributed by atoms with Crippen LogP contribution >= 0.6 is 0 Å². The molecule has 0 bridgehead atoms. The maximum Gasteiger partial charge on any atom is 0.344 e. The molecule has 1 aliphatic carbocycles. The highest BCUT2D eigenvalue weighted by atomic mass is 16.6. The second-order valence-corrected chi connectivity index (χ2v) is 8.74. The van der Waals surface area contributed by atoms with Crippen LogP contribution in [0, 0.1) is 17.8 Å². The van der Waals surface area contributed by atoms with Crippen LogP contribution in [0.25, 0.3) is 21.7 Å². The molecule has 3 unspecified atom stereocenters. The van der Waals surface area contributed by atoms with Crippen LogP contribution in [0.15, 0.2) is 51.7 Å². The van der Waals surface area contributed by atoms with Crippen LogP contribution in [0.5, 0.6) is 5.75 Å². The highest BCUT2D eigenvalue weighted by molar-refractivity contribution is 6.04. The summed E-state index contributed by atoms with van der Waals surface area (Å²) in [7, 11) is 0. The minimum atomic E-state index is -0.388. The fraction of sp³-hybridized carbons (Fsp3) is 0.440. The Kier molecular flexibility index (Phi) is 5.80. The maximum absolute atomic E-state index is 12.4. The van der Waals surface area contributed by atoms with Gasteiger partial charge in [0, 0.05) is 11.5 Å². The molecule has 4 rings (SSSR count). The van der Waals surface area contributed by atoms with Gasteiger partial charge in [-0.05, 0) is 54.2 Å². The molecule has 1 aliphatic rings. The number of carbonyl (C=O) groups excluding carboxylic acids is 1. The Bertz CT molecular complexity index is 1110. The minimum Gasteiger partial charge on any atom is -0.482 e. The first-order chi connectivity index (χ1) is 14.4.